The van der Waals surface area contributed by atoms with E-state index in [0.717, 1.165) is 0 Å². The second-order valence-corrected chi connectivity index (χ2v) is 1.79. The van der Waals surface area contributed by atoms with Crippen molar-refractivity contribution in [2.45, 2.75) is 20.3 Å². The largest absolute Gasteiger partial charge is 2.00 e. The van der Waals surface area contributed by atoms with Crippen molar-refractivity contribution < 1.29 is 19.8 Å². The number of carboxylic acid groups (broad SMARTS) is 2. The van der Waals surface area contributed by atoms with Crippen LogP contribution >= 0.6 is 0 Å². The number of aliphatic carboxylic acids is 2. The van der Waals surface area contributed by atoms with Gasteiger partial charge in [-0.2, -0.15) is 0 Å². The van der Waals surface area contributed by atoms with Gasteiger partial charge in [0, 0.05) is 5.97 Å². The summed E-state index contributed by atoms with van der Waals surface area (Å²) < 4.78 is 0. The van der Waals surface area contributed by atoms with Crippen LogP contribution < -0.4 is 10.2 Å². The second kappa shape index (κ2) is 10.9. The molecule has 5 heteroatoms. The summed E-state index contributed by atoms with van der Waals surface area (Å²) >= 11 is 0. The molecule has 0 aliphatic carbocycles. The Labute approximate surface area is 101 Å². The molecule has 0 heterocycles. The summed E-state index contributed by atoms with van der Waals surface area (Å²) in [5.74, 6) is -2.18. The minimum absolute atomic E-state index is 0. The number of hydrogen-bond donors (Lipinski definition) is 0. The summed E-state index contributed by atoms with van der Waals surface area (Å²) in [6, 6.07) is 0. The first kappa shape index (κ1) is 17.9. The third-order valence-corrected chi connectivity index (χ3v) is 0.637. The van der Waals surface area contributed by atoms with Crippen LogP contribution in [0.1, 0.15) is 20.3 Å². The van der Waals surface area contributed by atoms with E-state index >= 15 is 0 Å². The fraction of sp³-hybridized carbons (Fsp3) is 0.429. The quantitative estimate of drug-likeness (QED) is 0.382. The van der Waals surface area contributed by atoms with Gasteiger partial charge in [-0.15, -0.1) is 0 Å². The summed E-state index contributed by atoms with van der Waals surface area (Å²) in [6.45, 7) is 6.01. The number of carbonyl (C=O) groups is 2. The van der Waals surface area contributed by atoms with Gasteiger partial charge in [0.05, 0.1) is 5.97 Å². The normalized spacial score (nSPS) is 6.83. The molecule has 0 aliphatic rings. The molecule has 0 aromatic carbocycles. The molecule has 0 aromatic heterocycles. The standard InChI is InChI=1S/C4H6O2.C3H6O2.Ca/c1-3(2)4(5)6;1-2-3(4)5;/h1H2,2H3,(H,5,6);2H2,1H3,(H,4,5);/q;;+2/p-2. The molecule has 64 valence electrons. The van der Waals surface area contributed by atoms with Crippen molar-refractivity contribution in [3.05, 3.63) is 12.2 Å². The van der Waals surface area contributed by atoms with Crippen LogP contribution in [0.4, 0.5) is 0 Å². The topological polar surface area (TPSA) is 80.3 Å². The third kappa shape index (κ3) is 22.5. The molecule has 0 rings (SSSR count). The van der Waals surface area contributed by atoms with E-state index in [-0.39, 0.29) is 49.7 Å². The second-order valence-electron chi connectivity index (χ2n) is 1.79. The van der Waals surface area contributed by atoms with Crippen molar-refractivity contribution in [2.75, 3.05) is 0 Å². The first-order valence-electron chi connectivity index (χ1n) is 2.98. The molecule has 0 unspecified atom stereocenters. The molecule has 0 fully saturated rings. The Morgan fingerprint density at radius 3 is 1.50 bits per heavy atom. The Kier molecular flexibility index (Phi) is 16.3. The Morgan fingerprint density at radius 2 is 1.50 bits per heavy atom. The molecule has 0 N–H and O–H groups in total. The zero-order valence-electron chi connectivity index (χ0n) is 7.25. The number of carbonyl (C=O) groups excluding carboxylic acids is 2. The minimum Gasteiger partial charge on any atom is -0.550 e. The van der Waals surface area contributed by atoms with E-state index < -0.39 is 11.9 Å². The van der Waals surface area contributed by atoms with Crippen molar-refractivity contribution in [1.82, 2.24) is 0 Å². The van der Waals surface area contributed by atoms with Crippen LogP contribution in [-0.4, -0.2) is 49.7 Å². The van der Waals surface area contributed by atoms with Crippen LogP contribution in [0.15, 0.2) is 12.2 Å². The molecule has 0 spiro atoms. The molecule has 12 heavy (non-hydrogen) atoms. The molecule has 0 saturated heterocycles. The van der Waals surface area contributed by atoms with E-state index in [1.165, 1.54) is 13.8 Å². The first-order valence-corrected chi connectivity index (χ1v) is 2.98. The van der Waals surface area contributed by atoms with E-state index in [9.17, 15) is 19.8 Å². The molecule has 0 bridgehead atoms. The third-order valence-electron chi connectivity index (χ3n) is 0.637. The van der Waals surface area contributed by atoms with Crippen molar-refractivity contribution in [2.24, 2.45) is 0 Å². The van der Waals surface area contributed by atoms with E-state index in [1.54, 1.807) is 0 Å². The fourth-order valence-electron chi connectivity index (χ4n) is 0. The van der Waals surface area contributed by atoms with Crippen LogP contribution in [0, 0.1) is 0 Å². The van der Waals surface area contributed by atoms with Crippen LogP contribution in [0.25, 0.3) is 0 Å². The summed E-state index contributed by atoms with van der Waals surface area (Å²) in [5, 5.41) is 18.7. The zero-order chi connectivity index (χ0) is 9.44. The average molecular weight is 198 g/mol. The van der Waals surface area contributed by atoms with Gasteiger partial charge in [0.2, 0.25) is 0 Å². The van der Waals surface area contributed by atoms with Crippen LogP contribution in [0.3, 0.4) is 0 Å². The Hall–Kier alpha value is -0.0603. The zero-order valence-corrected chi connectivity index (χ0v) is 9.46. The Morgan fingerprint density at radius 1 is 1.33 bits per heavy atom. The summed E-state index contributed by atoms with van der Waals surface area (Å²) in [5.41, 5.74) is 0.0648. The summed E-state index contributed by atoms with van der Waals surface area (Å²) in [7, 11) is 0. The van der Waals surface area contributed by atoms with Gasteiger partial charge in [-0.1, -0.05) is 13.5 Å². The number of hydrogen-bond acceptors (Lipinski definition) is 4. The van der Waals surface area contributed by atoms with Crippen molar-refractivity contribution in [3.63, 3.8) is 0 Å². The summed E-state index contributed by atoms with van der Waals surface area (Å²) in [4.78, 5) is 18.7. The van der Waals surface area contributed by atoms with E-state index in [4.69, 9.17) is 0 Å². The van der Waals surface area contributed by atoms with Gasteiger partial charge in [0.25, 0.3) is 0 Å². The molecular formula is C7H10CaO4. The number of rotatable bonds is 2. The monoisotopic (exact) mass is 198 g/mol. The molecule has 0 amide bonds. The fourth-order valence-corrected chi connectivity index (χ4v) is 0. The van der Waals surface area contributed by atoms with Gasteiger partial charge < -0.3 is 19.8 Å². The van der Waals surface area contributed by atoms with Crippen molar-refractivity contribution in [3.8, 4) is 0 Å². The SMILES string of the molecule is C=C(C)C(=O)[O-].CCC(=O)[O-].[Ca+2]. The average Bonchev–Trinajstić information content (AvgIpc) is 1.89. The predicted molar refractivity (Wildman–Crippen MR) is 40.9 cm³/mol. The Balaban J connectivity index is -0.000000126. The minimum atomic E-state index is -1.19. The van der Waals surface area contributed by atoms with Gasteiger partial charge in [-0.05, 0) is 18.9 Å². The van der Waals surface area contributed by atoms with E-state index in [1.807, 2.05) is 0 Å². The van der Waals surface area contributed by atoms with E-state index in [0.29, 0.717) is 0 Å². The number of carboxylic acids is 2. The predicted octanol–water partition coefficient (Wildman–Crippen LogP) is -1.92. The van der Waals surface area contributed by atoms with Crippen LogP contribution in [-0.2, 0) is 9.59 Å². The summed E-state index contributed by atoms with van der Waals surface area (Å²) in [6.07, 6.45) is 0.111. The van der Waals surface area contributed by atoms with Crippen molar-refractivity contribution >= 4 is 49.7 Å². The van der Waals surface area contributed by atoms with Crippen LogP contribution in [0.2, 0.25) is 0 Å². The maximum Gasteiger partial charge on any atom is 2.00 e. The smallest absolute Gasteiger partial charge is 0.550 e. The first-order chi connectivity index (χ1) is 4.91. The Bertz CT molecular complexity index is 153. The van der Waals surface area contributed by atoms with Gasteiger partial charge in [-0.25, -0.2) is 0 Å². The van der Waals surface area contributed by atoms with Gasteiger partial charge in [0.15, 0.2) is 0 Å². The molecule has 4 nitrogen and oxygen atoms in total. The molecule has 0 saturated carbocycles. The van der Waals surface area contributed by atoms with Gasteiger partial charge >= 0.3 is 37.7 Å². The van der Waals surface area contributed by atoms with E-state index in [2.05, 4.69) is 6.58 Å². The maximum atomic E-state index is 9.49. The van der Waals surface area contributed by atoms with Gasteiger partial charge in [0.1, 0.15) is 0 Å². The van der Waals surface area contributed by atoms with Gasteiger partial charge in [-0.3, -0.25) is 0 Å². The molecule has 0 atom stereocenters. The molecular weight excluding hydrogens is 188 g/mol. The molecule has 0 aliphatic heterocycles. The van der Waals surface area contributed by atoms with Crippen molar-refractivity contribution in [1.29, 1.82) is 0 Å². The molecule has 0 aromatic rings. The molecule has 0 radical (unpaired) electrons. The maximum absolute atomic E-state index is 9.49. The van der Waals surface area contributed by atoms with Crippen LogP contribution in [0.5, 0.6) is 0 Å².